The van der Waals surface area contributed by atoms with Crippen LogP contribution in [0.3, 0.4) is 0 Å². The molecule has 1 N–H and O–H groups in total. The molecule has 0 bridgehead atoms. The molecule has 0 unspecified atom stereocenters. The molecule has 0 amide bonds. The number of carboxylic acids is 1. The molecule has 2 aromatic rings. The second-order valence-electron chi connectivity index (χ2n) is 4.40. The normalized spacial score (nSPS) is 10.4. The molecule has 0 saturated carbocycles. The van der Waals surface area contributed by atoms with E-state index in [9.17, 15) is 9.18 Å². The van der Waals surface area contributed by atoms with Gasteiger partial charge in [-0.2, -0.15) is 0 Å². The maximum atomic E-state index is 14.4. The number of nitrogens with zero attached hydrogens (tertiary/aromatic N) is 2. The van der Waals surface area contributed by atoms with Crippen LogP contribution < -0.4 is 4.90 Å². The minimum absolute atomic E-state index is 0.0352. The monoisotopic (exact) mass is 352 g/mol. The Morgan fingerprint density at radius 1 is 1.38 bits per heavy atom. The fourth-order valence-corrected chi connectivity index (χ4v) is 2.51. The third-order valence-electron chi connectivity index (χ3n) is 3.09. The van der Waals surface area contributed by atoms with Crippen LogP contribution in [-0.4, -0.2) is 22.6 Å². The summed E-state index contributed by atoms with van der Waals surface area (Å²) in [6, 6.07) is 8.43. The van der Waals surface area contributed by atoms with Gasteiger partial charge in [-0.25, -0.2) is 9.18 Å². The molecular weight excluding hydrogens is 339 g/mol. The average Bonchev–Trinajstić information content (AvgIpc) is 2.48. The molecule has 6 heteroatoms. The number of anilines is 1. The van der Waals surface area contributed by atoms with Crippen LogP contribution in [0.15, 0.2) is 41.0 Å². The molecule has 0 fully saturated rings. The highest BCUT2D eigenvalue weighted by molar-refractivity contribution is 9.10. The van der Waals surface area contributed by atoms with Crippen LogP contribution in [-0.2, 0) is 6.54 Å². The summed E-state index contributed by atoms with van der Waals surface area (Å²) in [5.74, 6) is -1.74. The first-order valence-corrected chi connectivity index (χ1v) is 7.20. The van der Waals surface area contributed by atoms with E-state index in [1.54, 1.807) is 11.1 Å². The number of rotatable bonds is 5. The molecular formula is C15H14BrFN2O2. The Morgan fingerprint density at radius 3 is 2.71 bits per heavy atom. The smallest absolute Gasteiger partial charge is 0.336 e. The van der Waals surface area contributed by atoms with E-state index >= 15 is 0 Å². The van der Waals surface area contributed by atoms with Gasteiger partial charge in [0.2, 0.25) is 0 Å². The van der Waals surface area contributed by atoms with Gasteiger partial charge in [0.25, 0.3) is 0 Å². The van der Waals surface area contributed by atoms with Crippen LogP contribution in [0.1, 0.15) is 23.0 Å². The predicted octanol–water partition coefficient (Wildman–Crippen LogP) is 3.71. The van der Waals surface area contributed by atoms with Crippen molar-refractivity contribution in [2.75, 3.05) is 11.4 Å². The topological polar surface area (TPSA) is 53.4 Å². The van der Waals surface area contributed by atoms with Gasteiger partial charge >= 0.3 is 5.97 Å². The molecule has 110 valence electrons. The van der Waals surface area contributed by atoms with Gasteiger partial charge in [-0.3, -0.25) is 4.98 Å². The quantitative estimate of drug-likeness (QED) is 0.891. The Hall–Kier alpha value is -1.95. The van der Waals surface area contributed by atoms with E-state index in [4.69, 9.17) is 5.11 Å². The van der Waals surface area contributed by atoms with Gasteiger partial charge in [-0.05, 0) is 47.1 Å². The van der Waals surface area contributed by atoms with Crippen LogP contribution >= 0.6 is 15.9 Å². The lowest BCUT2D eigenvalue weighted by atomic mass is 10.1. The van der Waals surface area contributed by atoms with Crippen LogP contribution in [0.2, 0.25) is 0 Å². The molecule has 21 heavy (non-hydrogen) atoms. The number of carboxylic acid groups (broad SMARTS) is 1. The Morgan fingerprint density at radius 2 is 2.14 bits per heavy atom. The second kappa shape index (κ2) is 6.67. The molecule has 1 aromatic carbocycles. The SMILES string of the molecule is CCN(Cc1ccccn1)c1ccc(C(=O)O)c(Br)c1F. The zero-order chi connectivity index (χ0) is 15.4. The first-order chi connectivity index (χ1) is 10.0. The summed E-state index contributed by atoms with van der Waals surface area (Å²) in [5.41, 5.74) is 1.07. The Kier molecular flexibility index (Phi) is 4.90. The molecule has 0 aliphatic rings. The van der Waals surface area contributed by atoms with E-state index in [0.717, 1.165) is 5.69 Å². The fraction of sp³-hybridized carbons (Fsp3) is 0.200. The number of hydrogen-bond acceptors (Lipinski definition) is 3. The molecule has 4 nitrogen and oxygen atoms in total. The van der Waals surface area contributed by atoms with E-state index in [1.165, 1.54) is 12.1 Å². The van der Waals surface area contributed by atoms with E-state index < -0.39 is 11.8 Å². The van der Waals surface area contributed by atoms with Crippen molar-refractivity contribution in [2.24, 2.45) is 0 Å². The van der Waals surface area contributed by atoms with Crippen molar-refractivity contribution in [3.05, 3.63) is 58.1 Å². The van der Waals surface area contributed by atoms with Crippen molar-refractivity contribution in [1.29, 1.82) is 0 Å². The van der Waals surface area contributed by atoms with Gasteiger partial charge in [0.05, 0.1) is 28.0 Å². The van der Waals surface area contributed by atoms with E-state index in [2.05, 4.69) is 20.9 Å². The largest absolute Gasteiger partial charge is 0.478 e. The van der Waals surface area contributed by atoms with Crippen molar-refractivity contribution < 1.29 is 14.3 Å². The molecule has 2 rings (SSSR count). The summed E-state index contributed by atoms with van der Waals surface area (Å²) >= 11 is 3.02. The molecule has 0 radical (unpaired) electrons. The third-order valence-corrected chi connectivity index (χ3v) is 3.87. The highest BCUT2D eigenvalue weighted by Crippen LogP contribution is 2.30. The molecule has 1 heterocycles. The summed E-state index contributed by atoms with van der Waals surface area (Å²) in [6.45, 7) is 2.93. The van der Waals surface area contributed by atoms with E-state index in [1.807, 2.05) is 25.1 Å². The number of halogens is 2. The fourth-order valence-electron chi connectivity index (χ4n) is 2.00. The van der Waals surface area contributed by atoms with Crippen LogP contribution in [0.4, 0.5) is 10.1 Å². The molecule has 0 atom stereocenters. The maximum Gasteiger partial charge on any atom is 0.336 e. The Labute approximate surface area is 130 Å². The minimum Gasteiger partial charge on any atom is -0.478 e. The van der Waals surface area contributed by atoms with Crippen molar-refractivity contribution in [2.45, 2.75) is 13.5 Å². The first kappa shape index (κ1) is 15.4. The Balaban J connectivity index is 2.35. The summed E-state index contributed by atoms with van der Waals surface area (Å²) < 4.78 is 14.4. The second-order valence-corrected chi connectivity index (χ2v) is 5.19. The molecule has 1 aromatic heterocycles. The zero-order valence-corrected chi connectivity index (χ0v) is 13.0. The number of pyridine rings is 1. The summed E-state index contributed by atoms with van der Waals surface area (Å²) in [5, 5.41) is 8.99. The summed E-state index contributed by atoms with van der Waals surface area (Å²) in [4.78, 5) is 17.0. The standard InChI is InChI=1S/C15H14BrFN2O2/c1-2-19(9-10-5-3-4-8-18-10)12-7-6-11(15(20)21)13(16)14(12)17/h3-8H,2,9H2,1H3,(H,20,21). The number of carbonyl (C=O) groups is 1. The summed E-state index contributed by atoms with van der Waals surface area (Å²) in [6.07, 6.45) is 1.68. The third kappa shape index (κ3) is 3.39. The lowest BCUT2D eigenvalue weighted by molar-refractivity contribution is 0.0695. The molecule has 0 spiro atoms. The minimum atomic E-state index is -1.17. The number of aromatic carboxylic acids is 1. The van der Waals surface area contributed by atoms with Gasteiger partial charge in [0.15, 0.2) is 5.82 Å². The van der Waals surface area contributed by atoms with E-state index in [0.29, 0.717) is 18.8 Å². The lowest BCUT2D eigenvalue weighted by Gasteiger charge is -2.24. The highest BCUT2D eigenvalue weighted by Gasteiger charge is 2.19. The zero-order valence-electron chi connectivity index (χ0n) is 11.4. The van der Waals surface area contributed by atoms with E-state index in [-0.39, 0.29) is 10.0 Å². The van der Waals surface area contributed by atoms with Gasteiger partial charge in [-0.1, -0.05) is 6.07 Å². The van der Waals surface area contributed by atoms with Crippen molar-refractivity contribution >= 4 is 27.6 Å². The Bertz CT molecular complexity index is 650. The van der Waals surface area contributed by atoms with Gasteiger partial charge in [0.1, 0.15) is 0 Å². The molecule has 0 saturated heterocycles. The van der Waals surface area contributed by atoms with Crippen LogP contribution in [0.25, 0.3) is 0 Å². The van der Waals surface area contributed by atoms with Crippen LogP contribution in [0, 0.1) is 5.82 Å². The van der Waals surface area contributed by atoms with Crippen LogP contribution in [0.5, 0.6) is 0 Å². The summed E-state index contributed by atoms with van der Waals surface area (Å²) in [7, 11) is 0. The maximum absolute atomic E-state index is 14.4. The number of benzene rings is 1. The number of aromatic nitrogens is 1. The van der Waals surface area contributed by atoms with Gasteiger partial charge < -0.3 is 10.0 Å². The van der Waals surface area contributed by atoms with Gasteiger partial charge in [0, 0.05) is 12.7 Å². The average molecular weight is 353 g/mol. The van der Waals surface area contributed by atoms with Crippen molar-refractivity contribution in [3.8, 4) is 0 Å². The lowest BCUT2D eigenvalue weighted by Crippen LogP contribution is -2.24. The number of hydrogen-bond donors (Lipinski definition) is 1. The van der Waals surface area contributed by atoms with Crippen molar-refractivity contribution in [1.82, 2.24) is 4.98 Å². The van der Waals surface area contributed by atoms with Gasteiger partial charge in [-0.15, -0.1) is 0 Å². The first-order valence-electron chi connectivity index (χ1n) is 6.40. The highest BCUT2D eigenvalue weighted by atomic mass is 79.9. The molecule has 0 aliphatic heterocycles. The predicted molar refractivity (Wildman–Crippen MR) is 82.0 cm³/mol. The molecule has 0 aliphatic carbocycles. The van der Waals surface area contributed by atoms with Crippen molar-refractivity contribution in [3.63, 3.8) is 0 Å².